The molecule has 0 aliphatic heterocycles. The van der Waals surface area contributed by atoms with Gasteiger partial charge in [0.05, 0.1) is 0 Å². The second kappa shape index (κ2) is 12.8. The highest BCUT2D eigenvalue weighted by Crippen LogP contribution is 2.19. The van der Waals surface area contributed by atoms with Crippen molar-refractivity contribution in [2.45, 2.75) is 82.4 Å². The number of aryl methyl sites for hydroxylation is 1. The molecule has 1 aromatic rings. The normalized spacial score (nSPS) is 10.5. The van der Waals surface area contributed by atoms with Gasteiger partial charge in [-0.2, -0.15) is 0 Å². The van der Waals surface area contributed by atoms with Crippen molar-refractivity contribution in [3.05, 3.63) is 29.8 Å². The Bertz CT molecular complexity index is 403. The van der Waals surface area contributed by atoms with Crippen LogP contribution in [0.15, 0.2) is 29.2 Å². The molecule has 0 saturated heterocycles. The van der Waals surface area contributed by atoms with Crippen LogP contribution in [0.1, 0.15) is 76.7 Å². The van der Waals surface area contributed by atoms with E-state index in [0.717, 1.165) is 0 Å². The maximum absolute atomic E-state index is 5.33. The molecule has 0 heterocycles. The molecule has 0 aromatic heterocycles. The molecule has 0 fully saturated rings. The summed E-state index contributed by atoms with van der Waals surface area (Å²) in [5.41, 5.74) is 1.43. The van der Waals surface area contributed by atoms with E-state index in [4.69, 9.17) is 6.42 Å². The average molecular weight is 303 g/mol. The molecule has 0 spiro atoms. The Morgan fingerprint density at radius 2 is 1.52 bits per heavy atom. The van der Waals surface area contributed by atoms with Crippen LogP contribution in [0.5, 0.6) is 0 Å². The molecule has 0 bridgehead atoms. The SMILES string of the molecule is C#CSc1cccc(CCCCCCCCCCCC)c1. The fourth-order valence-corrected chi connectivity index (χ4v) is 3.14. The second-order valence-electron chi connectivity index (χ2n) is 5.80. The number of thioether (sulfide) groups is 1. The first-order valence-electron chi connectivity index (χ1n) is 8.58. The zero-order valence-electron chi connectivity index (χ0n) is 13.6. The smallest absolute Gasteiger partial charge is 0.0205 e. The fraction of sp³-hybridized carbons (Fsp3) is 0.600. The molecule has 116 valence electrons. The first-order valence-corrected chi connectivity index (χ1v) is 9.40. The lowest BCUT2D eigenvalue weighted by molar-refractivity contribution is 0.556. The molecule has 21 heavy (non-hydrogen) atoms. The molecule has 0 unspecified atom stereocenters. The predicted molar refractivity (Wildman–Crippen MR) is 96.7 cm³/mol. The van der Waals surface area contributed by atoms with E-state index in [0.29, 0.717) is 0 Å². The Balaban J connectivity index is 1.99. The minimum atomic E-state index is 1.19. The molecule has 1 aromatic carbocycles. The minimum Gasteiger partial charge on any atom is -0.108 e. The lowest BCUT2D eigenvalue weighted by Gasteiger charge is -2.04. The van der Waals surface area contributed by atoms with Crippen LogP contribution in [0, 0.1) is 11.7 Å². The fourth-order valence-electron chi connectivity index (χ4n) is 2.65. The third-order valence-electron chi connectivity index (χ3n) is 3.89. The summed E-state index contributed by atoms with van der Waals surface area (Å²) in [7, 11) is 0. The molecular weight excluding hydrogens is 272 g/mol. The summed E-state index contributed by atoms with van der Waals surface area (Å²) in [4.78, 5) is 1.20. The quantitative estimate of drug-likeness (QED) is 0.231. The summed E-state index contributed by atoms with van der Waals surface area (Å²) in [6, 6.07) is 8.66. The molecule has 0 aliphatic carbocycles. The lowest BCUT2D eigenvalue weighted by atomic mass is 10.0. The van der Waals surface area contributed by atoms with Crippen molar-refractivity contribution in [1.29, 1.82) is 0 Å². The van der Waals surface area contributed by atoms with Crippen molar-refractivity contribution in [2.75, 3.05) is 0 Å². The van der Waals surface area contributed by atoms with Crippen LogP contribution in [0.3, 0.4) is 0 Å². The Labute approximate surface area is 136 Å². The Morgan fingerprint density at radius 3 is 2.14 bits per heavy atom. The van der Waals surface area contributed by atoms with Gasteiger partial charge in [-0.1, -0.05) is 76.8 Å². The van der Waals surface area contributed by atoms with Gasteiger partial charge in [-0.05, 0) is 47.6 Å². The lowest BCUT2D eigenvalue weighted by Crippen LogP contribution is -1.87. The van der Waals surface area contributed by atoms with Gasteiger partial charge < -0.3 is 0 Å². The highest BCUT2D eigenvalue weighted by Gasteiger charge is 1.97. The van der Waals surface area contributed by atoms with Gasteiger partial charge in [-0.3, -0.25) is 0 Å². The van der Waals surface area contributed by atoms with Crippen LogP contribution in [0.25, 0.3) is 0 Å². The highest BCUT2D eigenvalue weighted by molar-refractivity contribution is 8.03. The van der Waals surface area contributed by atoms with E-state index in [1.807, 2.05) is 0 Å². The van der Waals surface area contributed by atoms with Crippen molar-refractivity contribution >= 4 is 11.8 Å². The van der Waals surface area contributed by atoms with Crippen LogP contribution in [-0.4, -0.2) is 0 Å². The Hall–Kier alpha value is -0.870. The van der Waals surface area contributed by atoms with E-state index < -0.39 is 0 Å². The standard InChI is InChI=1S/C20H30S/c1-3-5-6-7-8-9-10-11-12-13-15-19-16-14-17-20(18-19)21-4-2/h2,14,16-18H,3,5-13,15H2,1H3. The third kappa shape index (κ3) is 9.64. The van der Waals surface area contributed by atoms with Crippen LogP contribution in [-0.2, 0) is 6.42 Å². The highest BCUT2D eigenvalue weighted by atomic mass is 32.2. The monoisotopic (exact) mass is 302 g/mol. The van der Waals surface area contributed by atoms with Crippen molar-refractivity contribution in [3.8, 4) is 11.7 Å². The first kappa shape index (κ1) is 18.2. The maximum atomic E-state index is 5.33. The van der Waals surface area contributed by atoms with E-state index in [9.17, 15) is 0 Å². The molecule has 0 aliphatic rings. The summed E-state index contributed by atoms with van der Waals surface area (Å²) < 4.78 is 0. The summed E-state index contributed by atoms with van der Waals surface area (Å²) in [5, 5.41) is 2.64. The van der Waals surface area contributed by atoms with Crippen molar-refractivity contribution in [3.63, 3.8) is 0 Å². The van der Waals surface area contributed by atoms with E-state index in [2.05, 4.69) is 36.4 Å². The minimum absolute atomic E-state index is 1.19. The van der Waals surface area contributed by atoms with Gasteiger partial charge >= 0.3 is 0 Å². The summed E-state index contributed by atoms with van der Waals surface area (Å²) in [6.07, 6.45) is 20.5. The van der Waals surface area contributed by atoms with E-state index in [-0.39, 0.29) is 0 Å². The number of terminal acetylenes is 1. The van der Waals surface area contributed by atoms with Gasteiger partial charge in [0.25, 0.3) is 0 Å². The Morgan fingerprint density at radius 1 is 0.905 bits per heavy atom. The summed E-state index contributed by atoms with van der Waals surface area (Å²) in [5.74, 6) is 0. The van der Waals surface area contributed by atoms with Gasteiger partial charge in [-0.25, -0.2) is 0 Å². The van der Waals surface area contributed by atoms with E-state index in [1.165, 1.54) is 92.8 Å². The molecule has 0 amide bonds. The van der Waals surface area contributed by atoms with Gasteiger partial charge in [0.2, 0.25) is 0 Å². The van der Waals surface area contributed by atoms with Crippen LogP contribution >= 0.6 is 11.8 Å². The summed E-state index contributed by atoms with van der Waals surface area (Å²) >= 11 is 1.48. The maximum Gasteiger partial charge on any atom is 0.0205 e. The number of hydrogen-bond donors (Lipinski definition) is 0. The number of rotatable bonds is 12. The van der Waals surface area contributed by atoms with Gasteiger partial charge in [0.1, 0.15) is 0 Å². The zero-order valence-corrected chi connectivity index (χ0v) is 14.4. The Kier molecular flexibility index (Phi) is 11.1. The van der Waals surface area contributed by atoms with Gasteiger partial charge in [-0.15, -0.1) is 6.42 Å². The largest absolute Gasteiger partial charge is 0.108 e. The van der Waals surface area contributed by atoms with E-state index in [1.54, 1.807) is 0 Å². The number of hydrogen-bond acceptors (Lipinski definition) is 1. The van der Waals surface area contributed by atoms with Crippen LogP contribution in [0.4, 0.5) is 0 Å². The first-order chi connectivity index (χ1) is 10.4. The predicted octanol–water partition coefficient (Wildman–Crippen LogP) is 6.83. The molecule has 1 rings (SSSR count). The number of benzene rings is 1. The molecular formula is C20H30S. The summed E-state index contributed by atoms with van der Waals surface area (Å²) in [6.45, 7) is 2.28. The van der Waals surface area contributed by atoms with Crippen LogP contribution in [0.2, 0.25) is 0 Å². The molecule has 0 nitrogen and oxygen atoms in total. The molecule has 0 radical (unpaired) electrons. The average Bonchev–Trinajstić information content (AvgIpc) is 2.50. The van der Waals surface area contributed by atoms with Crippen molar-refractivity contribution < 1.29 is 0 Å². The topological polar surface area (TPSA) is 0 Å². The number of unbranched alkanes of at least 4 members (excludes halogenated alkanes) is 9. The van der Waals surface area contributed by atoms with Crippen molar-refractivity contribution in [1.82, 2.24) is 0 Å². The third-order valence-corrected chi connectivity index (χ3v) is 4.50. The van der Waals surface area contributed by atoms with Crippen LogP contribution < -0.4 is 0 Å². The molecule has 0 saturated carbocycles. The molecule has 0 atom stereocenters. The van der Waals surface area contributed by atoms with Gasteiger partial charge in [0, 0.05) is 4.90 Å². The van der Waals surface area contributed by atoms with Crippen molar-refractivity contribution in [2.24, 2.45) is 0 Å². The zero-order chi connectivity index (χ0) is 15.2. The molecule has 0 N–H and O–H groups in total. The van der Waals surface area contributed by atoms with E-state index >= 15 is 0 Å². The van der Waals surface area contributed by atoms with Gasteiger partial charge in [0.15, 0.2) is 0 Å². The second-order valence-corrected chi connectivity index (χ2v) is 6.71. The molecule has 1 heteroatoms.